The van der Waals surface area contributed by atoms with Crippen LogP contribution in [0.25, 0.3) is 0 Å². The Balaban J connectivity index is 0.00000161. The van der Waals surface area contributed by atoms with E-state index >= 15 is 0 Å². The number of rotatable bonds is 2. The number of likely N-dealkylation sites (tertiary alicyclic amines) is 1. The van der Waals surface area contributed by atoms with Crippen LogP contribution in [0.15, 0.2) is 0 Å². The maximum Gasteiger partial charge on any atom is 0.223 e. The van der Waals surface area contributed by atoms with Gasteiger partial charge in [-0.25, -0.2) is 0 Å². The Labute approximate surface area is 135 Å². The fourth-order valence-electron chi connectivity index (χ4n) is 5.20. The summed E-state index contributed by atoms with van der Waals surface area (Å²) < 4.78 is 0. The van der Waals surface area contributed by atoms with Gasteiger partial charge in [-0.2, -0.15) is 0 Å². The van der Waals surface area contributed by atoms with Crippen LogP contribution in [0.2, 0.25) is 0 Å². The van der Waals surface area contributed by atoms with Crippen molar-refractivity contribution >= 4 is 18.3 Å². The first-order valence-electron chi connectivity index (χ1n) is 8.37. The van der Waals surface area contributed by atoms with Crippen molar-refractivity contribution in [2.45, 2.75) is 65.3 Å². The van der Waals surface area contributed by atoms with Gasteiger partial charge in [0.05, 0.1) is 0 Å². The topological polar surface area (TPSA) is 32.3 Å². The molecule has 2 bridgehead atoms. The quantitative estimate of drug-likeness (QED) is 0.848. The van der Waals surface area contributed by atoms with E-state index in [2.05, 4.69) is 31.0 Å². The van der Waals surface area contributed by atoms with Gasteiger partial charge in [0.25, 0.3) is 0 Å². The molecule has 0 aromatic carbocycles. The molecule has 1 saturated carbocycles. The normalized spacial score (nSPS) is 35.4. The summed E-state index contributed by atoms with van der Waals surface area (Å²) in [5, 5.41) is 3.39. The second-order valence-electron chi connectivity index (χ2n) is 8.63. The van der Waals surface area contributed by atoms with Crippen LogP contribution in [-0.4, -0.2) is 36.5 Å². The SMILES string of the molecule is CC1(C)CC2CC(C)(CN2C(=O)CC2CCNCC2)C1.Cl. The number of carbonyl (C=O) groups is 1. The lowest BCUT2D eigenvalue weighted by Crippen LogP contribution is -2.39. The first kappa shape index (κ1) is 17.1. The van der Waals surface area contributed by atoms with E-state index in [0.717, 1.165) is 26.1 Å². The molecule has 0 radical (unpaired) electrons. The van der Waals surface area contributed by atoms with Crippen molar-refractivity contribution in [2.75, 3.05) is 19.6 Å². The van der Waals surface area contributed by atoms with Crippen molar-refractivity contribution in [3.8, 4) is 0 Å². The third kappa shape index (κ3) is 3.73. The maximum absolute atomic E-state index is 12.7. The van der Waals surface area contributed by atoms with Crippen molar-refractivity contribution in [3.05, 3.63) is 0 Å². The van der Waals surface area contributed by atoms with Crippen LogP contribution in [0.1, 0.15) is 59.3 Å². The summed E-state index contributed by atoms with van der Waals surface area (Å²) in [6.45, 7) is 10.3. The lowest BCUT2D eigenvalue weighted by Gasteiger charge is -2.39. The average Bonchev–Trinajstić information content (AvgIpc) is 2.60. The van der Waals surface area contributed by atoms with Crippen LogP contribution >= 0.6 is 12.4 Å². The zero-order chi connectivity index (χ0) is 14.4. The van der Waals surface area contributed by atoms with E-state index in [1.807, 2.05) is 0 Å². The molecular weight excluding hydrogens is 284 g/mol. The summed E-state index contributed by atoms with van der Waals surface area (Å²) in [6, 6.07) is 0.512. The molecule has 3 rings (SSSR count). The van der Waals surface area contributed by atoms with Gasteiger partial charge in [0, 0.05) is 19.0 Å². The highest BCUT2D eigenvalue weighted by Gasteiger charge is 2.50. The van der Waals surface area contributed by atoms with E-state index in [4.69, 9.17) is 0 Å². The number of hydrogen-bond donors (Lipinski definition) is 1. The predicted molar refractivity (Wildman–Crippen MR) is 88.7 cm³/mol. The number of nitrogens with one attached hydrogen (secondary N) is 1. The van der Waals surface area contributed by atoms with Crippen LogP contribution in [-0.2, 0) is 4.79 Å². The van der Waals surface area contributed by atoms with Crippen molar-refractivity contribution < 1.29 is 4.79 Å². The Morgan fingerprint density at radius 2 is 1.86 bits per heavy atom. The Hall–Kier alpha value is -0.280. The molecule has 2 aliphatic heterocycles. The van der Waals surface area contributed by atoms with Crippen LogP contribution in [0.4, 0.5) is 0 Å². The van der Waals surface area contributed by atoms with Gasteiger partial charge in [0.1, 0.15) is 0 Å². The molecule has 3 fully saturated rings. The molecular formula is C17H31ClN2O. The highest BCUT2D eigenvalue weighted by molar-refractivity contribution is 5.85. The van der Waals surface area contributed by atoms with Crippen LogP contribution in [0.5, 0.6) is 0 Å². The predicted octanol–water partition coefficient (Wildman–Crippen LogP) is 3.23. The highest BCUT2D eigenvalue weighted by Crippen LogP contribution is 2.52. The highest BCUT2D eigenvalue weighted by atomic mass is 35.5. The number of fused-ring (bicyclic) bond motifs is 2. The van der Waals surface area contributed by atoms with Crippen molar-refractivity contribution in [1.82, 2.24) is 10.2 Å². The van der Waals surface area contributed by atoms with Gasteiger partial charge in [0.15, 0.2) is 0 Å². The number of amides is 1. The summed E-state index contributed by atoms with van der Waals surface area (Å²) in [7, 11) is 0. The molecule has 2 heterocycles. The number of carbonyl (C=O) groups excluding carboxylic acids is 1. The van der Waals surface area contributed by atoms with Gasteiger partial charge in [0.2, 0.25) is 5.91 Å². The molecule has 1 N–H and O–H groups in total. The van der Waals surface area contributed by atoms with Crippen molar-refractivity contribution in [2.24, 2.45) is 16.7 Å². The molecule has 2 atom stereocenters. The monoisotopic (exact) mass is 314 g/mol. The molecule has 21 heavy (non-hydrogen) atoms. The Kier molecular flexibility index (Phi) is 4.94. The molecule has 2 unspecified atom stereocenters. The fraction of sp³-hybridized carbons (Fsp3) is 0.941. The molecule has 1 amide bonds. The summed E-state index contributed by atoms with van der Waals surface area (Å²) >= 11 is 0. The maximum atomic E-state index is 12.7. The summed E-state index contributed by atoms with van der Waals surface area (Å²) in [4.78, 5) is 15.0. The van der Waals surface area contributed by atoms with E-state index in [0.29, 0.717) is 28.7 Å². The fourth-order valence-corrected chi connectivity index (χ4v) is 5.20. The van der Waals surface area contributed by atoms with Gasteiger partial charge < -0.3 is 10.2 Å². The lowest BCUT2D eigenvalue weighted by atomic mass is 9.65. The van der Waals surface area contributed by atoms with E-state index in [1.165, 1.54) is 32.1 Å². The summed E-state index contributed by atoms with van der Waals surface area (Å²) in [5.74, 6) is 1.05. The Bertz CT molecular complexity index is 392. The molecule has 122 valence electrons. The van der Waals surface area contributed by atoms with Crippen molar-refractivity contribution in [1.29, 1.82) is 0 Å². The van der Waals surface area contributed by atoms with Gasteiger partial charge >= 0.3 is 0 Å². The van der Waals surface area contributed by atoms with E-state index in [-0.39, 0.29) is 12.4 Å². The number of nitrogens with zero attached hydrogens (tertiary/aromatic N) is 1. The lowest BCUT2D eigenvalue weighted by molar-refractivity contribution is -0.133. The molecule has 3 aliphatic rings. The standard InChI is InChI=1S/C17H30N2O.ClH/c1-16(2)9-14-10-17(3,11-16)12-19(14)15(20)8-13-4-6-18-7-5-13;/h13-14,18H,4-12H2,1-3H3;1H. The third-order valence-corrected chi connectivity index (χ3v) is 5.66. The van der Waals surface area contributed by atoms with Crippen LogP contribution in [0, 0.1) is 16.7 Å². The molecule has 1 aliphatic carbocycles. The smallest absolute Gasteiger partial charge is 0.223 e. The first-order valence-corrected chi connectivity index (χ1v) is 8.37. The van der Waals surface area contributed by atoms with Crippen molar-refractivity contribution in [3.63, 3.8) is 0 Å². The van der Waals surface area contributed by atoms with Gasteiger partial charge in [-0.05, 0) is 61.9 Å². The first-order chi connectivity index (χ1) is 9.37. The minimum Gasteiger partial charge on any atom is -0.339 e. The second-order valence-corrected chi connectivity index (χ2v) is 8.63. The van der Waals surface area contributed by atoms with Gasteiger partial charge in [-0.1, -0.05) is 20.8 Å². The van der Waals surface area contributed by atoms with Crippen LogP contribution < -0.4 is 5.32 Å². The summed E-state index contributed by atoms with van der Waals surface area (Å²) in [5.41, 5.74) is 0.775. The number of piperidine rings is 1. The largest absolute Gasteiger partial charge is 0.339 e. The molecule has 0 spiro atoms. The minimum atomic E-state index is 0. The minimum absolute atomic E-state index is 0. The van der Waals surface area contributed by atoms with Gasteiger partial charge in [-0.3, -0.25) is 4.79 Å². The molecule has 2 saturated heterocycles. The second kappa shape index (κ2) is 6.08. The summed E-state index contributed by atoms with van der Waals surface area (Å²) in [6.07, 6.45) is 6.83. The zero-order valence-electron chi connectivity index (χ0n) is 13.8. The number of halogens is 1. The molecule has 4 heteroatoms. The third-order valence-electron chi connectivity index (χ3n) is 5.66. The average molecular weight is 315 g/mol. The zero-order valence-corrected chi connectivity index (χ0v) is 14.6. The van der Waals surface area contributed by atoms with Crippen LogP contribution in [0.3, 0.4) is 0 Å². The van der Waals surface area contributed by atoms with E-state index < -0.39 is 0 Å². The van der Waals surface area contributed by atoms with E-state index in [1.54, 1.807) is 0 Å². The van der Waals surface area contributed by atoms with Gasteiger partial charge in [-0.15, -0.1) is 12.4 Å². The number of hydrogen-bond acceptors (Lipinski definition) is 2. The molecule has 0 aromatic heterocycles. The Morgan fingerprint density at radius 1 is 1.19 bits per heavy atom. The molecule has 3 nitrogen and oxygen atoms in total. The molecule has 0 aromatic rings. The Morgan fingerprint density at radius 3 is 2.52 bits per heavy atom. The van der Waals surface area contributed by atoms with E-state index in [9.17, 15) is 4.79 Å².